The largest absolute Gasteiger partial charge is 0.493 e. The molecule has 126 valence electrons. The van der Waals surface area contributed by atoms with E-state index in [1.807, 2.05) is 37.3 Å². The van der Waals surface area contributed by atoms with Gasteiger partial charge in [-0.15, -0.1) is 0 Å². The number of benzene rings is 2. The van der Waals surface area contributed by atoms with Crippen molar-refractivity contribution >= 4 is 6.08 Å². The molecule has 1 aliphatic heterocycles. The summed E-state index contributed by atoms with van der Waals surface area (Å²) >= 11 is 0. The standard InChI is InChI=1S/C20H22O4/c1-5-6-13-9-15-12-17(24-20(15)19(10-13)23-4)14-7-8-16(21-2)18(11-14)22-3/h5-11,17H,12H2,1-4H3/b6-5+/t17-/m1/s1. The van der Waals surface area contributed by atoms with Gasteiger partial charge in [0.05, 0.1) is 21.3 Å². The first-order valence-corrected chi connectivity index (χ1v) is 7.92. The molecule has 0 aromatic heterocycles. The Kier molecular flexibility index (Phi) is 4.65. The third-order valence-electron chi connectivity index (χ3n) is 4.18. The predicted molar refractivity (Wildman–Crippen MR) is 94.3 cm³/mol. The highest BCUT2D eigenvalue weighted by Crippen LogP contribution is 2.45. The molecule has 0 saturated carbocycles. The summed E-state index contributed by atoms with van der Waals surface area (Å²) in [7, 11) is 4.94. The van der Waals surface area contributed by atoms with Crippen LogP contribution in [-0.4, -0.2) is 21.3 Å². The molecular formula is C20H22O4. The molecule has 1 heterocycles. The lowest BCUT2D eigenvalue weighted by Crippen LogP contribution is -2.04. The van der Waals surface area contributed by atoms with Crippen molar-refractivity contribution in [2.75, 3.05) is 21.3 Å². The highest BCUT2D eigenvalue weighted by Gasteiger charge is 2.28. The molecule has 4 heteroatoms. The zero-order chi connectivity index (χ0) is 17.1. The lowest BCUT2D eigenvalue weighted by atomic mass is 10.0. The van der Waals surface area contributed by atoms with E-state index in [1.54, 1.807) is 21.3 Å². The smallest absolute Gasteiger partial charge is 0.165 e. The summed E-state index contributed by atoms with van der Waals surface area (Å²) in [5.41, 5.74) is 3.32. The number of hydrogen-bond donors (Lipinski definition) is 0. The van der Waals surface area contributed by atoms with E-state index in [0.717, 1.165) is 34.6 Å². The Morgan fingerprint density at radius 3 is 2.38 bits per heavy atom. The van der Waals surface area contributed by atoms with Crippen LogP contribution in [0.3, 0.4) is 0 Å². The van der Waals surface area contributed by atoms with Gasteiger partial charge in [-0.3, -0.25) is 0 Å². The van der Waals surface area contributed by atoms with Gasteiger partial charge in [0, 0.05) is 12.0 Å². The van der Waals surface area contributed by atoms with Gasteiger partial charge in [0.15, 0.2) is 23.0 Å². The molecule has 0 amide bonds. The predicted octanol–water partition coefficient (Wildman–Crippen LogP) is 4.42. The number of ether oxygens (including phenoxy) is 4. The van der Waals surface area contributed by atoms with Gasteiger partial charge in [-0.25, -0.2) is 0 Å². The molecule has 4 nitrogen and oxygen atoms in total. The van der Waals surface area contributed by atoms with Crippen LogP contribution in [0.5, 0.6) is 23.0 Å². The number of rotatable bonds is 5. The second kappa shape index (κ2) is 6.87. The molecule has 0 saturated heterocycles. The van der Waals surface area contributed by atoms with E-state index in [9.17, 15) is 0 Å². The van der Waals surface area contributed by atoms with E-state index >= 15 is 0 Å². The average Bonchev–Trinajstić information content (AvgIpc) is 3.04. The molecule has 0 fully saturated rings. The Hall–Kier alpha value is -2.62. The van der Waals surface area contributed by atoms with Crippen LogP contribution in [0, 0.1) is 0 Å². The fourth-order valence-corrected chi connectivity index (χ4v) is 3.03. The average molecular weight is 326 g/mol. The highest BCUT2D eigenvalue weighted by atomic mass is 16.5. The molecule has 24 heavy (non-hydrogen) atoms. The normalized spacial score (nSPS) is 15.9. The van der Waals surface area contributed by atoms with E-state index in [-0.39, 0.29) is 6.10 Å². The van der Waals surface area contributed by atoms with Crippen molar-refractivity contribution in [2.45, 2.75) is 19.4 Å². The molecule has 0 aliphatic carbocycles. The summed E-state index contributed by atoms with van der Waals surface area (Å²) in [4.78, 5) is 0. The number of allylic oxidation sites excluding steroid dienone is 1. The van der Waals surface area contributed by atoms with Gasteiger partial charge in [-0.2, -0.15) is 0 Å². The lowest BCUT2D eigenvalue weighted by Gasteiger charge is -2.15. The first kappa shape index (κ1) is 16.2. The van der Waals surface area contributed by atoms with Gasteiger partial charge in [0.25, 0.3) is 0 Å². The van der Waals surface area contributed by atoms with Crippen molar-refractivity contribution in [1.82, 2.24) is 0 Å². The zero-order valence-electron chi connectivity index (χ0n) is 14.5. The summed E-state index contributed by atoms with van der Waals surface area (Å²) in [6.45, 7) is 2.00. The lowest BCUT2D eigenvalue weighted by molar-refractivity contribution is 0.228. The van der Waals surface area contributed by atoms with Gasteiger partial charge in [-0.1, -0.05) is 18.2 Å². The third kappa shape index (κ3) is 2.92. The van der Waals surface area contributed by atoms with Crippen LogP contribution < -0.4 is 18.9 Å². The molecule has 0 radical (unpaired) electrons. The molecule has 3 rings (SSSR count). The van der Waals surface area contributed by atoms with Gasteiger partial charge in [-0.05, 0) is 42.3 Å². The maximum Gasteiger partial charge on any atom is 0.165 e. The molecule has 0 N–H and O–H groups in total. The summed E-state index contributed by atoms with van der Waals surface area (Å²) in [5.74, 6) is 3.01. The van der Waals surface area contributed by atoms with Crippen molar-refractivity contribution in [2.24, 2.45) is 0 Å². The fraction of sp³-hybridized carbons (Fsp3) is 0.300. The van der Waals surface area contributed by atoms with Crippen molar-refractivity contribution in [3.63, 3.8) is 0 Å². The van der Waals surface area contributed by atoms with Gasteiger partial charge < -0.3 is 18.9 Å². The van der Waals surface area contributed by atoms with Crippen LogP contribution in [0.25, 0.3) is 6.08 Å². The topological polar surface area (TPSA) is 36.9 Å². The Morgan fingerprint density at radius 2 is 1.71 bits per heavy atom. The molecular weight excluding hydrogens is 304 g/mol. The number of hydrogen-bond acceptors (Lipinski definition) is 4. The Labute approximate surface area is 142 Å². The van der Waals surface area contributed by atoms with E-state index in [4.69, 9.17) is 18.9 Å². The first-order chi connectivity index (χ1) is 11.7. The molecule has 0 spiro atoms. The molecule has 1 aliphatic rings. The van der Waals surface area contributed by atoms with E-state index in [2.05, 4.69) is 12.1 Å². The van der Waals surface area contributed by atoms with Gasteiger partial charge >= 0.3 is 0 Å². The van der Waals surface area contributed by atoms with Crippen LogP contribution in [0.1, 0.15) is 29.7 Å². The molecule has 0 bridgehead atoms. The van der Waals surface area contributed by atoms with Gasteiger partial charge in [0.1, 0.15) is 6.10 Å². The summed E-state index contributed by atoms with van der Waals surface area (Å²) in [5, 5.41) is 0. The highest BCUT2D eigenvalue weighted by molar-refractivity contribution is 5.61. The van der Waals surface area contributed by atoms with Crippen molar-refractivity contribution < 1.29 is 18.9 Å². The van der Waals surface area contributed by atoms with E-state index in [1.165, 1.54) is 0 Å². The van der Waals surface area contributed by atoms with Crippen LogP contribution in [-0.2, 0) is 6.42 Å². The maximum atomic E-state index is 6.18. The minimum Gasteiger partial charge on any atom is -0.493 e. The van der Waals surface area contributed by atoms with Gasteiger partial charge in [0.2, 0.25) is 0 Å². The van der Waals surface area contributed by atoms with Crippen LogP contribution >= 0.6 is 0 Å². The Bertz CT molecular complexity index is 764. The molecule has 2 aromatic carbocycles. The summed E-state index contributed by atoms with van der Waals surface area (Å²) in [6, 6.07) is 10.0. The Balaban J connectivity index is 1.93. The summed E-state index contributed by atoms with van der Waals surface area (Å²) in [6.07, 6.45) is 4.82. The van der Waals surface area contributed by atoms with Crippen molar-refractivity contribution in [3.8, 4) is 23.0 Å². The van der Waals surface area contributed by atoms with Crippen molar-refractivity contribution in [1.29, 1.82) is 0 Å². The Morgan fingerprint density at radius 1 is 0.958 bits per heavy atom. The number of fused-ring (bicyclic) bond motifs is 1. The monoisotopic (exact) mass is 326 g/mol. The number of methoxy groups -OCH3 is 3. The molecule has 1 atom stereocenters. The molecule has 2 aromatic rings. The SMILES string of the molecule is C/C=C/c1cc2c(c(OC)c1)O[C@@H](c1ccc(OC)c(OC)c1)C2. The van der Waals surface area contributed by atoms with Crippen LogP contribution in [0.2, 0.25) is 0 Å². The first-order valence-electron chi connectivity index (χ1n) is 7.92. The fourth-order valence-electron chi connectivity index (χ4n) is 3.03. The zero-order valence-corrected chi connectivity index (χ0v) is 14.5. The minimum absolute atomic E-state index is 0.0606. The van der Waals surface area contributed by atoms with Crippen LogP contribution in [0.15, 0.2) is 36.4 Å². The molecule has 0 unspecified atom stereocenters. The van der Waals surface area contributed by atoms with Crippen molar-refractivity contribution in [3.05, 3.63) is 53.1 Å². The maximum absolute atomic E-state index is 6.18. The minimum atomic E-state index is -0.0606. The summed E-state index contributed by atoms with van der Waals surface area (Å²) < 4.78 is 22.4. The quantitative estimate of drug-likeness (QED) is 0.815. The third-order valence-corrected chi connectivity index (χ3v) is 4.18. The van der Waals surface area contributed by atoms with Crippen LogP contribution in [0.4, 0.5) is 0 Å². The second-order valence-corrected chi connectivity index (χ2v) is 5.64. The van der Waals surface area contributed by atoms with E-state index in [0.29, 0.717) is 11.5 Å². The second-order valence-electron chi connectivity index (χ2n) is 5.64. The van der Waals surface area contributed by atoms with E-state index < -0.39 is 0 Å².